The van der Waals surface area contributed by atoms with E-state index in [2.05, 4.69) is 39.5 Å². The second-order valence-electron chi connectivity index (χ2n) is 2.75. The van der Waals surface area contributed by atoms with E-state index in [1.54, 1.807) is 6.08 Å². The van der Waals surface area contributed by atoms with Crippen molar-refractivity contribution in [2.45, 2.75) is 20.8 Å². The summed E-state index contributed by atoms with van der Waals surface area (Å²) in [6, 6.07) is 0. The Morgan fingerprint density at radius 3 is 2.18 bits per heavy atom. The number of hydrogen-bond donors (Lipinski definition) is 0. The molecule has 0 aliphatic rings. The van der Waals surface area contributed by atoms with E-state index in [4.69, 9.17) is 0 Å². The van der Waals surface area contributed by atoms with Gasteiger partial charge in [-0.1, -0.05) is 48.1 Å². The minimum atomic E-state index is 1.22. The highest BCUT2D eigenvalue weighted by Gasteiger charge is 1.75. The largest absolute Gasteiger partial charge is 0.0991 e. The lowest BCUT2D eigenvalue weighted by Crippen LogP contribution is -1.65. The number of allylic oxidation sites excluding steroid dienone is 7. The molecule has 0 heterocycles. The first-order valence-corrected chi connectivity index (χ1v) is 3.77. The molecule has 0 N–H and O–H groups in total. The third-order valence-electron chi connectivity index (χ3n) is 1.17. The summed E-state index contributed by atoms with van der Waals surface area (Å²) in [5.74, 6) is 0. The summed E-state index contributed by atoms with van der Waals surface area (Å²) in [4.78, 5) is 0. The molecule has 0 atom stereocenters. The molecule has 0 fully saturated rings. The second-order valence-corrected chi connectivity index (χ2v) is 2.75. The van der Waals surface area contributed by atoms with Crippen LogP contribution in [0, 0.1) is 0 Å². The Kier molecular flexibility index (Phi) is 5.18. The van der Waals surface area contributed by atoms with Gasteiger partial charge in [-0.3, -0.25) is 0 Å². The van der Waals surface area contributed by atoms with E-state index in [0.717, 1.165) is 0 Å². The van der Waals surface area contributed by atoms with E-state index in [1.807, 2.05) is 12.2 Å². The van der Waals surface area contributed by atoms with E-state index >= 15 is 0 Å². The van der Waals surface area contributed by atoms with Gasteiger partial charge in [0.2, 0.25) is 0 Å². The van der Waals surface area contributed by atoms with Crippen LogP contribution in [0.1, 0.15) is 20.8 Å². The Morgan fingerprint density at radius 2 is 1.73 bits per heavy atom. The van der Waals surface area contributed by atoms with E-state index in [9.17, 15) is 0 Å². The molecule has 0 aliphatic heterocycles. The Hall–Kier alpha value is -1.04. The summed E-state index contributed by atoms with van der Waals surface area (Å²) in [5.41, 5.74) is 2.53. The monoisotopic (exact) mass is 148 g/mol. The summed E-state index contributed by atoms with van der Waals surface area (Å²) >= 11 is 0. The summed E-state index contributed by atoms with van der Waals surface area (Å²) < 4.78 is 0. The smallest absolute Gasteiger partial charge is 0.0398 e. The molecule has 0 spiro atoms. The Labute approximate surface area is 69.6 Å². The molecule has 0 aliphatic carbocycles. The normalized spacial score (nSPS) is 11.7. The zero-order valence-electron chi connectivity index (χ0n) is 7.59. The van der Waals surface area contributed by atoms with Crippen LogP contribution in [0.2, 0.25) is 0 Å². The van der Waals surface area contributed by atoms with Crippen molar-refractivity contribution >= 4 is 0 Å². The van der Waals surface area contributed by atoms with Gasteiger partial charge in [0.05, 0.1) is 0 Å². The van der Waals surface area contributed by atoms with Crippen LogP contribution in [0.4, 0.5) is 0 Å². The molecular formula is C11H16. The van der Waals surface area contributed by atoms with Gasteiger partial charge in [-0.15, -0.1) is 0 Å². The molecule has 0 aromatic heterocycles. The fourth-order valence-corrected chi connectivity index (χ4v) is 0.634. The molecule has 0 saturated heterocycles. The minimum absolute atomic E-state index is 1.22. The summed E-state index contributed by atoms with van der Waals surface area (Å²) in [6.45, 7) is 9.83. The Morgan fingerprint density at radius 1 is 1.09 bits per heavy atom. The van der Waals surface area contributed by atoms with Gasteiger partial charge in [0.15, 0.2) is 0 Å². The lowest BCUT2D eigenvalue weighted by atomic mass is 10.2. The van der Waals surface area contributed by atoms with Gasteiger partial charge in [0.25, 0.3) is 0 Å². The van der Waals surface area contributed by atoms with Crippen LogP contribution < -0.4 is 0 Å². The van der Waals surface area contributed by atoms with Crippen molar-refractivity contribution in [2.24, 2.45) is 0 Å². The van der Waals surface area contributed by atoms with Crippen LogP contribution in [0.25, 0.3) is 0 Å². The zero-order chi connectivity index (χ0) is 8.69. The predicted octanol–water partition coefficient (Wildman–Crippen LogP) is 3.64. The van der Waals surface area contributed by atoms with Crippen LogP contribution in [0.5, 0.6) is 0 Å². The van der Waals surface area contributed by atoms with E-state index in [1.165, 1.54) is 11.1 Å². The van der Waals surface area contributed by atoms with Crippen molar-refractivity contribution in [3.05, 3.63) is 48.1 Å². The van der Waals surface area contributed by atoms with Crippen molar-refractivity contribution in [3.63, 3.8) is 0 Å². The fourth-order valence-electron chi connectivity index (χ4n) is 0.634. The van der Waals surface area contributed by atoms with Gasteiger partial charge in [-0.2, -0.15) is 0 Å². The molecule has 60 valence electrons. The molecule has 0 aromatic rings. The van der Waals surface area contributed by atoms with Crippen molar-refractivity contribution in [1.29, 1.82) is 0 Å². The molecule has 0 aromatic carbocycles. The van der Waals surface area contributed by atoms with E-state index in [0.29, 0.717) is 0 Å². The maximum atomic E-state index is 3.62. The fraction of sp³-hybridized carbons (Fsp3) is 0.273. The molecule has 0 nitrogen and oxygen atoms in total. The predicted molar refractivity (Wildman–Crippen MR) is 52.5 cm³/mol. The van der Waals surface area contributed by atoms with Crippen molar-refractivity contribution in [3.8, 4) is 0 Å². The molecule has 0 amide bonds. The summed E-state index contributed by atoms with van der Waals surface area (Å²) in [7, 11) is 0. The van der Waals surface area contributed by atoms with Crippen molar-refractivity contribution in [1.82, 2.24) is 0 Å². The SMILES string of the molecule is C=C/C=C(\C)C=CC=C(C)C. The van der Waals surface area contributed by atoms with Gasteiger partial charge < -0.3 is 0 Å². The van der Waals surface area contributed by atoms with Crippen LogP contribution >= 0.6 is 0 Å². The maximum absolute atomic E-state index is 3.62. The average molecular weight is 148 g/mol. The highest BCUT2D eigenvalue weighted by Crippen LogP contribution is 1.96. The average Bonchev–Trinajstić information content (AvgIpc) is 1.87. The molecule has 11 heavy (non-hydrogen) atoms. The van der Waals surface area contributed by atoms with Crippen molar-refractivity contribution in [2.75, 3.05) is 0 Å². The lowest BCUT2D eigenvalue weighted by molar-refractivity contribution is 1.39. The van der Waals surface area contributed by atoms with Gasteiger partial charge in [0.1, 0.15) is 0 Å². The van der Waals surface area contributed by atoms with Crippen molar-refractivity contribution < 1.29 is 0 Å². The molecular weight excluding hydrogens is 132 g/mol. The maximum Gasteiger partial charge on any atom is -0.0398 e. The first-order valence-electron chi connectivity index (χ1n) is 3.77. The number of hydrogen-bond acceptors (Lipinski definition) is 0. The van der Waals surface area contributed by atoms with Gasteiger partial charge >= 0.3 is 0 Å². The first kappa shape index (κ1) is 9.96. The third kappa shape index (κ3) is 6.85. The second kappa shape index (κ2) is 5.72. The zero-order valence-corrected chi connectivity index (χ0v) is 7.59. The summed E-state index contributed by atoms with van der Waals surface area (Å²) in [6.07, 6.45) is 9.97. The summed E-state index contributed by atoms with van der Waals surface area (Å²) in [5, 5.41) is 0. The van der Waals surface area contributed by atoms with Crippen LogP contribution in [0.15, 0.2) is 48.1 Å². The topological polar surface area (TPSA) is 0 Å². The molecule has 0 unspecified atom stereocenters. The van der Waals surface area contributed by atoms with Crippen LogP contribution in [-0.2, 0) is 0 Å². The van der Waals surface area contributed by atoms with Crippen LogP contribution in [-0.4, -0.2) is 0 Å². The lowest BCUT2D eigenvalue weighted by Gasteiger charge is -1.86. The van der Waals surface area contributed by atoms with Gasteiger partial charge in [-0.25, -0.2) is 0 Å². The number of rotatable bonds is 3. The van der Waals surface area contributed by atoms with Gasteiger partial charge in [0, 0.05) is 0 Å². The molecule has 0 radical (unpaired) electrons. The van der Waals surface area contributed by atoms with Gasteiger partial charge in [-0.05, 0) is 20.8 Å². The minimum Gasteiger partial charge on any atom is -0.0991 e. The standard InChI is InChI=1S/C11H16/c1-5-7-11(4)9-6-8-10(2)3/h5-9H,1H2,2-4H3/b9-6?,11-7+. The Bertz CT molecular complexity index is 198. The highest BCUT2D eigenvalue weighted by molar-refractivity contribution is 5.24. The van der Waals surface area contributed by atoms with Crippen LogP contribution in [0.3, 0.4) is 0 Å². The van der Waals surface area contributed by atoms with E-state index < -0.39 is 0 Å². The quantitative estimate of drug-likeness (QED) is 0.536. The Balaban J connectivity index is 4.03. The van der Waals surface area contributed by atoms with E-state index in [-0.39, 0.29) is 0 Å². The highest BCUT2D eigenvalue weighted by atomic mass is 13.8. The first-order chi connectivity index (χ1) is 5.16. The third-order valence-corrected chi connectivity index (χ3v) is 1.17. The molecule has 0 saturated carbocycles. The molecule has 0 bridgehead atoms. The molecule has 0 rings (SSSR count). The molecule has 0 heteroatoms.